The molecule has 0 amide bonds. The average molecular weight is 348 g/mol. The highest BCUT2D eigenvalue weighted by Crippen LogP contribution is 2.29. The number of rotatable bonds is 5. The highest BCUT2D eigenvalue weighted by molar-refractivity contribution is 5.68. The summed E-state index contributed by atoms with van der Waals surface area (Å²) in [6.45, 7) is 8.13. The molecule has 134 valence electrons. The summed E-state index contributed by atoms with van der Waals surface area (Å²) in [5.41, 5.74) is 5.53. The molecule has 1 aromatic heterocycles. The van der Waals surface area contributed by atoms with Crippen molar-refractivity contribution in [3.63, 3.8) is 0 Å². The van der Waals surface area contributed by atoms with Crippen molar-refractivity contribution in [3.05, 3.63) is 65.0 Å². The van der Waals surface area contributed by atoms with Gasteiger partial charge in [0.05, 0.1) is 12.8 Å². The molecule has 3 aromatic rings. The van der Waals surface area contributed by atoms with E-state index in [4.69, 9.17) is 4.74 Å². The van der Waals surface area contributed by atoms with Crippen molar-refractivity contribution in [2.75, 3.05) is 17.7 Å². The fraction of sp³-hybridized carbons (Fsp3) is 0.238. The Morgan fingerprint density at radius 2 is 1.50 bits per heavy atom. The van der Waals surface area contributed by atoms with E-state index in [1.807, 2.05) is 38.1 Å². The van der Waals surface area contributed by atoms with Crippen LogP contribution in [-0.2, 0) is 0 Å². The van der Waals surface area contributed by atoms with E-state index < -0.39 is 0 Å². The van der Waals surface area contributed by atoms with Gasteiger partial charge in [0.1, 0.15) is 23.2 Å². The molecule has 0 bridgehead atoms. The summed E-state index contributed by atoms with van der Waals surface area (Å²) >= 11 is 0. The lowest BCUT2D eigenvalue weighted by Gasteiger charge is -2.13. The number of ether oxygens (including phenoxy) is 1. The molecule has 0 saturated heterocycles. The van der Waals surface area contributed by atoms with Crippen molar-refractivity contribution in [2.24, 2.45) is 0 Å². The van der Waals surface area contributed by atoms with Gasteiger partial charge in [-0.3, -0.25) is 0 Å². The third kappa shape index (κ3) is 4.11. The molecule has 2 N–H and O–H groups in total. The van der Waals surface area contributed by atoms with Crippen LogP contribution in [0.5, 0.6) is 5.75 Å². The second-order valence-corrected chi connectivity index (χ2v) is 6.44. The zero-order valence-corrected chi connectivity index (χ0v) is 15.8. The molecule has 0 aliphatic heterocycles. The van der Waals surface area contributed by atoms with Gasteiger partial charge in [-0.1, -0.05) is 12.1 Å². The zero-order valence-electron chi connectivity index (χ0n) is 15.8. The molecule has 5 nitrogen and oxygen atoms in total. The molecule has 0 saturated carbocycles. The van der Waals surface area contributed by atoms with Gasteiger partial charge >= 0.3 is 0 Å². The van der Waals surface area contributed by atoms with Crippen molar-refractivity contribution < 1.29 is 4.74 Å². The van der Waals surface area contributed by atoms with Crippen LogP contribution in [0.1, 0.15) is 22.5 Å². The summed E-state index contributed by atoms with van der Waals surface area (Å²) in [4.78, 5) is 8.98. The maximum atomic E-state index is 5.43. The Kier molecular flexibility index (Phi) is 5.07. The van der Waals surface area contributed by atoms with Gasteiger partial charge in [-0.05, 0) is 68.7 Å². The summed E-state index contributed by atoms with van der Waals surface area (Å²) in [6.07, 6.45) is 0. The van der Waals surface area contributed by atoms with E-state index in [-0.39, 0.29) is 0 Å². The Balaban J connectivity index is 1.88. The van der Waals surface area contributed by atoms with Crippen molar-refractivity contribution in [1.82, 2.24) is 9.97 Å². The fourth-order valence-corrected chi connectivity index (χ4v) is 2.72. The van der Waals surface area contributed by atoms with E-state index >= 15 is 0 Å². The van der Waals surface area contributed by atoms with E-state index in [1.165, 1.54) is 11.1 Å². The molecule has 0 aliphatic carbocycles. The maximum absolute atomic E-state index is 5.43. The molecule has 2 aromatic carbocycles. The minimum atomic E-state index is 0.688. The molecule has 26 heavy (non-hydrogen) atoms. The summed E-state index contributed by atoms with van der Waals surface area (Å²) < 4.78 is 5.43. The van der Waals surface area contributed by atoms with Crippen LogP contribution in [0.15, 0.2) is 42.5 Å². The van der Waals surface area contributed by atoms with Gasteiger partial charge in [0.15, 0.2) is 0 Å². The number of benzene rings is 2. The third-order valence-corrected chi connectivity index (χ3v) is 4.23. The normalized spacial score (nSPS) is 10.5. The molecular formula is C21H24N4O. The Morgan fingerprint density at radius 3 is 2.19 bits per heavy atom. The van der Waals surface area contributed by atoms with Crippen LogP contribution in [0.4, 0.5) is 23.0 Å². The van der Waals surface area contributed by atoms with E-state index in [1.54, 1.807) is 7.11 Å². The highest BCUT2D eigenvalue weighted by Gasteiger charge is 2.08. The van der Waals surface area contributed by atoms with Crippen molar-refractivity contribution in [2.45, 2.75) is 27.7 Å². The van der Waals surface area contributed by atoms with Gasteiger partial charge in [0.25, 0.3) is 0 Å². The number of hydrogen-bond acceptors (Lipinski definition) is 5. The van der Waals surface area contributed by atoms with Gasteiger partial charge in [0, 0.05) is 11.8 Å². The minimum Gasteiger partial charge on any atom is -0.495 e. The first-order valence-electron chi connectivity index (χ1n) is 8.56. The van der Waals surface area contributed by atoms with Gasteiger partial charge in [-0.25, -0.2) is 9.97 Å². The standard InChI is InChI=1S/C21H24N4O/c1-13-6-9-19(26-5)18(10-13)25-21-12-20(22-16(4)23-21)24-17-8-7-14(2)15(3)11-17/h6-12H,1-5H3,(H2,22,23,24,25). The SMILES string of the molecule is COc1ccc(C)cc1Nc1cc(Nc2ccc(C)c(C)c2)nc(C)n1. The van der Waals surface area contributed by atoms with E-state index in [9.17, 15) is 0 Å². The number of nitrogens with zero attached hydrogens (tertiary/aromatic N) is 2. The zero-order chi connectivity index (χ0) is 18.7. The van der Waals surface area contributed by atoms with Crippen LogP contribution in [0.3, 0.4) is 0 Å². The average Bonchev–Trinajstić information content (AvgIpc) is 2.58. The summed E-state index contributed by atoms with van der Waals surface area (Å²) in [7, 11) is 1.66. The summed E-state index contributed by atoms with van der Waals surface area (Å²) in [5.74, 6) is 2.92. The first-order valence-corrected chi connectivity index (χ1v) is 8.56. The Morgan fingerprint density at radius 1 is 0.769 bits per heavy atom. The van der Waals surface area contributed by atoms with E-state index in [2.05, 4.69) is 52.6 Å². The first kappa shape index (κ1) is 17.7. The molecule has 0 atom stereocenters. The smallest absolute Gasteiger partial charge is 0.142 e. The molecule has 0 unspecified atom stereocenters. The monoisotopic (exact) mass is 348 g/mol. The van der Waals surface area contributed by atoms with Crippen molar-refractivity contribution in [1.29, 1.82) is 0 Å². The Labute approximate surface area is 154 Å². The number of methoxy groups -OCH3 is 1. The minimum absolute atomic E-state index is 0.688. The second kappa shape index (κ2) is 7.44. The summed E-state index contributed by atoms with van der Waals surface area (Å²) in [6, 6.07) is 14.2. The predicted molar refractivity (Wildman–Crippen MR) is 107 cm³/mol. The number of nitrogens with one attached hydrogen (secondary N) is 2. The molecular weight excluding hydrogens is 324 g/mol. The molecule has 1 heterocycles. The fourth-order valence-electron chi connectivity index (χ4n) is 2.72. The van der Waals surface area contributed by atoms with Gasteiger partial charge in [-0.15, -0.1) is 0 Å². The van der Waals surface area contributed by atoms with Crippen LogP contribution in [0.2, 0.25) is 0 Å². The topological polar surface area (TPSA) is 59.1 Å². The number of anilines is 4. The second-order valence-electron chi connectivity index (χ2n) is 6.44. The van der Waals surface area contributed by atoms with Gasteiger partial charge in [-0.2, -0.15) is 0 Å². The Bertz CT molecular complexity index is 937. The molecule has 0 aliphatic rings. The highest BCUT2D eigenvalue weighted by atomic mass is 16.5. The number of aromatic nitrogens is 2. The molecule has 0 fully saturated rings. The van der Waals surface area contributed by atoms with Crippen LogP contribution < -0.4 is 15.4 Å². The lowest BCUT2D eigenvalue weighted by atomic mass is 10.1. The summed E-state index contributed by atoms with van der Waals surface area (Å²) in [5, 5.41) is 6.69. The van der Waals surface area contributed by atoms with Crippen molar-refractivity contribution in [3.8, 4) is 5.75 Å². The van der Waals surface area contributed by atoms with E-state index in [0.29, 0.717) is 11.6 Å². The number of hydrogen-bond donors (Lipinski definition) is 2. The lowest BCUT2D eigenvalue weighted by molar-refractivity contribution is 0.416. The molecule has 5 heteroatoms. The Hall–Kier alpha value is -3.08. The quantitative estimate of drug-likeness (QED) is 0.663. The molecule has 0 radical (unpaired) electrons. The first-order chi connectivity index (χ1) is 12.4. The van der Waals surface area contributed by atoms with E-state index in [0.717, 1.165) is 28.5 Å². The van der Waals surface area contributed by atoms with Crippen LogP contribution in [0, 0.1) is 27.7 Å². The van der Waals surface area contributed by atoms with Crippen LogP contribution in [-0.4, -0.2) is 17.1 Å². The van der Waals surface area contributed by atoms with Gasteiger partial charge < -0.3 is 15.4 Å². The lowest BCUT2D eigenvalue weighted by Crippen LogP contribution is -2.03. The number of aryl methyl sites for hydroxylation is 4. The van der Waals surface area contributed by atoms with Gasteiger partial charge in [0.2, 0.25) is 0 Å². The van der Waals surface area contributed by atoms with Crippen LogP contribution >= 0.6 is 0 Å². The third-order valence-electron chi connectivity index (χ3n) is 4.23. The van der Waals surface area contributed by atoms with Crippen molar-refractivity contribution >= 4 is 23.0 Å². The molecule has 3 rings (SSSR count). The largest absolute Gasteiger partial charge is 0.495 e. The van der Waals surface area contributed by atoms with Crippen LogP contribution in [0.25, 0.3) is 0 Å². The predicted octanol–water partition coefficient (Wildman–Crippen LogP) is 5.21. The maximum Gasteiger partial charge on any atom is 0.142 e. The molecule has 0 spiro atoms.